The monoisotopic (exact) mass is 419 g/mol. The van der Waals surface area contributed by atoms with Gasteiger partial charge in [-0.1, -0.05) is 29.8 Å². The first kappa shape index (κ1) is 20.5. The number of rotatable bonds is 5. The molecule has 5 nitrogen and oxygen atoms in total. The van der Waals surface area contributed by atoms with Crippen LogP contribution in [0.4, 0.5) is 13.2 Å². The zero-order valence-electron chi connectivity index (χ0n) is 17.1. The number of nitrogens with two attached hydrogens (primary N) is 1. The molecule has 0 bridgehead atoms. The maximum atomic E-state index is 14.1. The number of hydrogen-bond donors (Lipinski definition) is 1. The van der Waals surface area contributed by atoms with Gasteiger partial charge in [-0.3, -0.25) is 9.59 Å². The zero-order chi connectivity index (χ0) is 22.0. The van der Waals surface area contributed by atoms with Gasteiger partial charge in [0.2, 0.25) is 5.91 Å². The number of carbonyl (C=O) groups is 2. The third-order valence-electron chi connectivity index (χ3n) is 6.30. The van der Waals surface area contributed by atoms with Crippen molar-refractivity contribution < 1.29 is 22.8 Å². The van der Waals surface area contributed by atoms with E-state index in [0.29, 0.717) is 31.2 Å². The van der Waals surface area contributed by atoms with Crippen molar-refractivity contribution in [2.75, 3.05) is 7.05 Å². The van der Waals surface area contributed by atoms with Crippen molar-refractivity contribution in [2.45, 2.75) is 57.3 Å². The van der Waals surface area contributed by atoms with Crippen LogP contribution in [0.1, 0.15) is 59.0 Å². The van der Waals surface area contributed by atoms with Crippen molar-refractivity contribution in [2.24, 2.45) is 5.73 Å². The molecule has 0 saturated heterocycles. The van der Waals surface area contributed by atoms with Crippen molar-refractivity contribution in [1.82, 2.24) is 9.47 Å². The van der Waals surface area contributed by atoms with E-state index in [9.17, 15) is 22.8 Å². The second-order valence-electron chi connectivity index (χ2n) is 8.42. The third-order valence-corrected chi connectivity index (χ3v) is 6.30. The molecule has 160 valence electrons. The predicted octanol–water partition coefficient (Wildman–Crippen LogP) is 4.22. The van der Waals surface area contributed by atoms with Crippen molar-refractivity contribution in [3.63, 3.8) is 0 Å². The highest BCUT2D eigenvalue weighted by Crippen LogP contribution is 2.49. The van der Waals surface area contributed by atoms with E-state index >= 15 is 0 Å². The van der Waals surface area contributed by atoms with Gasteiger partial charge in [-0.25, -0.2) is 0 Å². The summed E-state index contributed by atoms with van der Waals surface area (Å²) in [6.07, 6.45) is -2.62. The standard InChI is InChI=1S/C22H24F3N3O2/c1-12-4-6-14(7-5-12)16-13(2)18(22(23,24)25)28(15-8-9-15)17(16)19(29)27(3)21(10-11-21)20(26)30/h4-7,15H,8-11H2,1-3H3,(H2,26,30). The molecule has 2 N–H and O–H groups in total. The van der Waals surface area contributed by atoms with Gasteiger partial charge in [0.05, 0.1) is 0 Å². The number of aryl methyl sites for hydroxylation is 1. The van der Waals surface area contributed by atoms with E-state index in [1.54, 1.807) is 24.3 Å². The van der Waals surface area contributed by atoms with Crippen LogP contribution in [0.5, 0.6) is 0 Å². The molecule has 2 aromatic rings. The Morgan fingerprint density at radius 2 is 1.70 bits per heavy atom. The summed E-state index contributed by atoms with van der Waals surface area (Å²) in [4.78, 5) is 26.8. The lowest BCUT2D eigenvalue weighted by Gasteiger charge is -2.27. The van der Waals surface area contributed by atoms with Crippen molar-refractivity contribution in [3.05, 3.63) is 46.8 Å². The maximum Gasteiger partial charge on any atom is 0.431 e. The molecule has 0 atom stereocenters. The first-order valence-corrected chi connectivity index (χ1v) is 9.96. The first-order valence-electron chi connectivity index (χ1n) is 9.96. The van der Waals surface area contributed by atoms with Gasteiger partial charge < -0.3 is 15.2 Å². The highest BCUT2D eigenvalue weighted by Gasteiger charge is 2.55. The minimum atomic E-state index is -4.61. The fourth-order valence-electron chi connectivity index (χ4n) is 4.26. The molecule has 2 saturated carbocycles. The fraction of sp³-hybridized carbons (Fsp3) is 0.455. The summed E-state index contributed by atoms with van der Waals surface area (Å²) in [5, 5.41) is 0. The van der Waals surface area contributed by atoms with Gasteiger partial charge in [0, 0.05) is 18.7 Å². The van der Waals surface area contributed by atoms with Crippen LogP contribution in [0.15, 0.2) is 24.3 Å². The van der Waals surface area contributed by atoms with Crippen LogP contribution in [0, 0.1) is 13.8 Å². The molecule has 4 rings (SSSR count). The Morgan fingerprint density at radius 3 is 2.13 bits per heavy atom. The minimum Gasteiger partial charge on any atom is -0.368 e. The normalized spacial score (nSPS) is 17.7. The summed E-state index contributed by atoms with van der Waals surface area (Å²) in [6, 6.07) is 6.69. The van der Waals surface area contributed by atoms with Gasteiger partial charge in [-0.2, -0.15) is 13.2 Å². The van der Waals surface area contributed by atoms with Gasteiger partial charge in [0.25, 0.3) is 5.91 Å². The first-order chi connectivity index (χ1) is 14.0. The highest BCUT2D eigenvalue weighted by molar-refractivity contribution is 6.04. The Morgan fingerprint density at radius 1 is 1.13 bits per heavy atom. The van der Waals surface area contributed by atoms with E-state index in [4.69, 9.17) is 5.73 Å². The number of carbonyl (C=O) groups excluding carboxylic acids is 2. The van der Waals surface area contributed by atoms with Crippen LogP contribution in [0.25, 0.3) is 11.1 Å². The molecule has 2 fully saturated rings. The van der Waals surface area contributed by atoms with Crippen LogP contribution in [0.3, 0.4) is 0 Å². The number of likely N-dealkylation sites (N-methyl/N-ethyl adjacent to an activating group) is 1. The van der Waals surface area contributed by atoms with E-state index in [1.807, 2.05) is 6.92 Å². The van der Waals surface area contributed by atoms with Gasteiger partial charge in [-0.05, 0) is 50.7 Å². The molecule has 8 heteroatoms. The minimum absolute atomic E-state index is 0.0128. The highest BCUT2D eigenvalue weighted by atomic mass is 19.4. The summed E-state index contributed by atoms with van der Waals surface area (Å²) in [5.41, 5.74) is 5.39. The third kappa shape index (κ3) is 3.09. The quantitative estimate of drug-likeness (QED) is 0.789. The Balaban J connectivity index is 1.97. The second kappa shape index (κ2) is 6.62. The lowest BCUT2D eigenvalue weighted by atomic mass is 9.99. The van der Waals surface area contributed by atoms with E-state index in [2.05, 4.69) is 0 Å². The predicted molar refractivity (Wildman–Crippen MR) is 106 cm³/mol. The second-order valence-corrected chi connectivity index (χ2v) is 8.42. The number of nitrogens with zero attached hydrogens (tertiary/aromatic N) is 2. The van der Waals surface area contributed by atoms with E-state index in [-0.39, 0.29) is 22.9 Å². The fourth-order valence-corrected chi connectivity index (χ4v) is 4.26. The Hall–Kier alpha value is -2.77. The molecule has 0 aliphatic heterocycles. The van der Waals surface area contributed by atoms with Crippen molar-refractivity contribution in [3.8, 4) is 11.1 Å². The summed E-state index contributed by atoms with van der Waals surface area (Å²) in [7, 11) is 1.45. The lowest BCUT2D eigenvalue weighted by molar-refractivity contribution is -0.144. The number of aromatic nitrogens is 1. The average molecular weight is 419 g/mol. The molecule has 2 amide bonds. The average Bonchev–Trinajstić information content (AvgIpc) is 3.57. The van der Waals surface area contributed by atoms with Crippen LogP contribution < -0.4 is 5.73 Å². The topological polar surface area (TPSA) is 68.3 Å². The molecule has 30 heavy (non-hydrogen) atoms. The summed E-state index contributed by atoms with van der Waals surface area (Å²) in [6.45, 7) is 3.30. The molecule has 1 heterocycles. The van der Waals surface area contributed by atoms with Gasteiger partial charge in [-0.15, -0.1) is 0 Å². The number of hydrogen-bond acceptors (Lipinski definition) is 2. The number of halogens is 3. The molecule has 0 radical (unpaired) electrons. The van der Waals surface area contributed by atoms with Crippen LogP contribution in [-0.2, 0) is 11.0 Å². The van der Waals surface area contributed by atoms with E-state index in [0.717, 1.165) is 10.1 Å². The number of alkyl halides is 3. The Labute approximate surface area is 172 Å². The summed E-state index contributed by atoms with van der Waals surface area (Å²) < 4.78 is 43.4. The van der Waals surface area contributed by atoms with Gasteiger partial charge >= 0.3 is 6.18 Å². The molecule has 0 spiro atoms. The molecule has 2 aliphatic rings. The van der Waals surface area contributed by atoms with Gasteiger partial charge in [0.1, 0.15) is 16.9 Å². The number of amides is 2. The molecule has 1 aromatic carbocycles. The molecule has 1 aromatic heterocycles. The molecule has 0 unspecified atom stereocenters. The van der Waals surface area contributed by atoms with E-state index < -0.39 is 29.2 Å². The Kier molecular flexibility index (Phi) is 4.52. The SMILES string of the molecule is Cc1ccc(-c2c(C)c(C(F)(F)F)n(C3CC3)c2C(=O)N(C)C2(C(N)=O)CC2)cc1. The van der Waals surface area contributed by atoms with Crippen LogP contribution in [0.2, 0.25) is 0 Å². The molecular formula is C22H24F3N3O2. The summed E-state index contributed by atoms with van der Waals surface area (Å²) in [5.74, 6) is -1.24. The number of benzene rings is 1. The van der Waals surface area contributed by atoms with Crippen molar-refractivity contribution >= 4 is 11.8 Å². The van der Waals surface area contributed by atoms with Crippen LogP contribution in [-0.4, -0.2) is 33.9 Å². The zero-order valence-corrected chi connectivity index (χ0v) is 17.1. The smallest absolute Gasteiger partial charge is 0.368 e. The molecule has 2 aliphatic carbocycles. The van der Waals surface area contributed by atoms with Crippen LogP contribution >= 0.6 is 0 Å². The number of primary amides is 1. The van der Waals surface area contributed by atoms with Gasteiger partial charge in [0.15, 0.2) is 0 Å². The maximum absolute atomic E-state index is 14.1. The summed E-state index contributed by atoms with van der Waals surface area (Å²) >= 11 is 0. The van der Waals surface area contributed by atoms with E-state index in [1.165, 1.54) is 18.9 Å². The Bertz CT molecular complexity index is 1030. The van der Waals surface area contributed by atoms with Crippen molar-refractivity contribution in [1.29, 1.82) is 0 Å². The molecular weight excluding hydrogens is 395 g/mol. The largest absolute Gasteiger partial charge is 0.431 e. The lowest BCUT2D eigenvalue weighted by Crippen LogP contribution is -2.48.